The molecule has 0 atom stereocenters. The lowest BCUT2D eigenvalue weighted by molar-refractivity contribution is 0.415. The van der Waals surface area contributed by atoms with Crippen molar-refractivity contribution in [3.63, 3.8) is 0 Å². The molecule has 2 aromatic rings. The normalized spacial score (nSPS) is 10.5. The van der Waals surface area contributed by atoms with Crippen LogP contribution in [0.4, 0.5) is 5.69 Å². The molecular formula is C16H19N3OS. The summed E-state index contributed by atoms with van der Waals surface area (Å²) in [6, 6.07) is 15.9. The summed E-state index contributed by atoms with van der Waals surface area (Å²) in [5.41, 5.74) is 13.6. The van der Waals surface area contributed by atoms with Gasteiger partial charge in [0.15, 0.2) is 0 Å². The summed E-state index contributed by atoms with van der Waals surface area (Å²) >= 11 is 4.24. The fraction of sp³-hybridized carbons (Fsp3) is 0.0625. The fourth-order valence-corrected chi connectivity index (χ4v) is 1.70. The number of nitrogen functional groups attached to an aromatic ring is 1. The number of allylic oxidation sites excluding steroid dienone is 1. The van der Waals surface area contributed by atoms with Crippen molar-refractivity contribution in [3.05, 3.63) is 60.4 Å². The SMILES string of the molecule is C/C(O)=C/C(=N)N.Nc1ccc(-c2ccc(S)cc2)cc1. The predicted molar refractivity (Wildman–Crippen MR) is 91.8 cm³/mol. The molecule has 0 heterocycles. The molecule has 2 aromatic carbocycles. The van der Waals surface area contributed by atoms with Gasteiger partial charge in [0.05, 0.1) is 5.76 Å². The molecule has 0 saturated heterocycles. The molecule has 0 spiro atoms. The lowest BCUT2D eigenvalue weighted by Gasteiger charge is -2.02. The Morgan fingerprint density at radius 1 is 1.05 bits per heavy atom. The van der Waals surface area contributed by atoms with E-state index in [2.05, 4.69) is 12.6 Å². The summed E-state index contributed by atoms with van der Waals surface area (Å²) in [6.45, 7) is 1.46. The molecule has 0 bridgehead atoms. The van der Waals surface area contributed by atoms with Crippen LogP contribution in [0.1, 0.15) is 6.92 Å². The van der Waals surface area contributed by atoms with E-state index >= 15 is 0 Å². The van der Waals surface area contributed by atoms with Crippen molar-refractivity contribution < 1.29 is 5.11 Å². The smallest absolute Gasteiger partial charge is 0.118 e. The third-order valence-corrected chi connectivity index (χ3v) is 2.77. The highest BCUT2D eigenvalue weighted by Crippen LogP contribution is 2.21. The van der Waals surface area contributed by atoms with Crippen molar-refractivity contribution in [1.29, 1.82) is 5.41 Å². The van der Waals surface area contributed by atoms with Gasteiger partial charge in [-0.15, -0.1) is 12.6 Å². The molecule has 110 valence electrons. The van der Waals surface area contributed by atoms with Crippen LogP contribution in [0.5, 0.6) is 0 Å². The van der Waals surface area contributed by atoms with Gasteiger partial charge in [0, 0.05) is 16.7 Å². The van der Waals surface area contributed by atoms with Crippen molar-refractivity contribution in [2.24, 2.45) is 5.73 Å². The Morgan fingerprint density at radius 2 is 1.48 bits per heavy atom. The number of aliphatic hydroxyl groups is 1. The molecule has 0 aliphatic rings. The Labute approximate surface area is 130 Å². The summed E-state index contributed by atoms with van der Waals surface area (Å²) in [6.07, 6.45) is 1.17. The van der Waals surface area contributed by atoms with Crippen LogP contribution in [-0.2, 0) is 0 Å². The zero-order chi connectivity index (χ0) is 15.8. The molecule has 0 saturated carbocycles. The number of rotatable bonds is 2. The number of anilines is 1. The van der Waals surface area contributed by atoms with E-state index in [4.69, 9.17) is 22.0 Å². The minimum Gasteiger partial charge on any atom is -0.512 e. The van der Waals surface area contributed by atoms with E-state index < -0.39 is 0 Å². The summed E-state index contributed by atoms with van der Waals surface area (Å²) in [5.74, 6) is -0.0625. The van der Waals surface area contributed by atoms with Crippen molar-refractivity contribution in [3.8, 4) is 11.1 Å². The molecular weight excluding hydrogens is 282 g/mol. The van der Waals surface area contributed by atoms with Crippen molar-refractivity contribution >= 4 is 24.2 Å². The Bertz CT molecular complexity index is 571. The van der Waals surface area contributed by atoms with Gasteiger partial charge in [0.25, 0.3) is 0 Å². The van der Waals surface area contributed by atoms with Gasteiger partial charge in [-0.25, -0.2) is 0 Å². The summed E-state index contributed by atoms with van der Waals surface area (Å²) < 4.78 is 0. The van der Waals surface area contributed by atoms with Gasteiger partial charge in [-0.3, -0.25) is 5.41 Å². The lowest BCUT2D eigenvalue weighted by Crippen LogP contribution is -2.05. The number of nitrogens with one attached hydrogen (secondary N) is 1. The van der Waals surface area contributed by atoms with Crippen LogP contribution in [0, 0.1) is 5.41 Å². The van der Waals surface area contributed by atoms with Crippen LogP contribution < -0.4 is 11.5 Å². The van der Waals surface area contributed by atoms with Crippen LogP contribution in [0.25, 0.3) is 11.1 Å². The predicted octanol–water partition coefficient (Wildman–Crippen LogP) is 3.61. The molecule has 5 heteroatoms. The molecule has 0 aliphatic heterocycles. The molecule has 0 aliphatic carbocycles. The highest BCUT2D eigenvalue weighted by molar-refractivity contribution is 7.80. The first-order chi connectivity index (χ1) is 9.88. The second-order valence-corrected chi connectivity index (χ2v) is 4.93. The zero-order valence-electron chi connectivity index (χ0n) is 11.7. The third kappa shape index (κ3) is 6.54. The zero-order valence-corrected chi connectivity index (χ0v) is 12.6. The van der Waals surface area contributed by atoms with E-state index in [0.717, 1.165) is 10.6 Å². The van der Waals surface area contributed by atoms with Gasteiger partial charge in [0.1, 0.15) is 5.84 Å². The quantitative estimate of drug-likeness (QED) is 0.193. The maximum Gasteiger partial charge on any atom is 0.118 e. The standard InChI is InChI=1S/C12H11NS.C4H8N2O/c13-11-5-1-9(2-6-11)10-3-7-12(14)8-4-10;1-3(7)2-4(5)6/h1-8,14H,13H2;2,7H,1H3,(H3,5,6)/b;3-2-. The largest absolute Gasteiger partial charge is 0.512 e. The average molecular weight is 301 g/mol. The third-order valence-electron chi connectivity index (χ3n) is 2.48. The van der Waals surface area contributed by atoms with Crippen molar-refractivity contribution in [1.82, 2.24) is 0 Å². The van der Waals surface area contributed by atoms with E-state index in [9.17, 15) is 0 Å². The molecule has 2 rings (SSSR count). The Balaban J connectivity index is 0.000000270. The van der Waals surface area contributed by atoms with Gasteiger partial charge in [-0.05, 0) is 42.3 Å². The van der Waals surface area contributed by atoms with Crippen LogP contribution >= 0.6 is 12.6 Å². The van der Waals surface area contributed by atoms with Crippen molar-refractivity contribution in [2.45, 2.75) is 11.8 Å². The van der Waals surface area contributed by atoms with Gasteiger partial charge < -0.3 is 16.6 Å². The highest BCUT2D eigenvalue weighted by atomic mass is 32.1. The second kappa shape index (κ2) is 8.01. The highest BCUT2D eigenvalue weighted by Gasteiger charge is 1.95. The molecule has 0 aromatic heterocycles. The topological polar surface area (TPSA) is 96.1 Å². The van der Waals surface area contributed by atoms with Gasteiger partial charge in [-0.2, -0.15) is 0 Å². The van der Waals surface area contributed by atoms with E-state index in [0.29, 0.717) is 0 Å². The van der Waals surface area contributed by atoms with Gasteiger partial charge >= 0.3 is 0 Å². The minimum absolute atomic E-state index is 0.0625. The molecule has 21 heavy (non-hydrogen) atoms. The molecule has 0 unspecified atom stereocenters. The van der Waals surface area contributed by atoms with E-state index in [1.807, 2.05) is 48.5 Å². The minimum atomic E-state index is -0.125. The maximum absolute atomic E-state index is 8.36. The molecule has 0 amide bonds. The number of hydrogen-bond acceptors (Lipinski definition) is 4. The molecule has 6 N–H and O–H groups in total. The fourth-order valence-electron chi connectivity index (χ4n) is 1.55. The van der Waals surface area contributed by atoms with E-state index in [1.165, 1.54) is 24.1 Å². The molecule has 0 radical (unpaired) electrons. The summed E-state index contributed by atoms with van der Waals surface area (Å²) in [5, 5.41) is 14.9. The molecule has 0 fully saturated rings. The maximum atomic E-state index is 8.36. The first-order valence-electron chi connectivity index (χ1n) is 6.24. The van der Waals surface area contributed by atoms with Gasteiger partial charge in [0.2, 0.25) is 0 Å². The number of nitrogens with two attached hydrogens (primary N) is 2. The number of thiol groups is 1. The Hall–Kier alpha value is -2.40. The first kappa shape index (κ1) is 16.7. The number of amidine groups is 1. The van der Waals surface area contributed by atoms with Gasteiger partial charge in [-0.1, -0.05) is 24.3 Å². The number of aliphatic hydroxyl groups excluding tert-OH is 1. The number of benzene rings is 2. The van der Waals surface area contributed by atoms with Crippen LogP contribution in [0.15, 0.2) is 65.3 Å². The Kier molecular flexibility index (Phi) is 6.36. The lowest BCUT2D eigenvalue weighted by atomic mass is 10.1. The van der Waals surface area contributed by atoms with E-state index in [-0.39, 0.29) is 11.6 Å². The van der Waals surface area contributed by atoms with Crippen molar-refractivity contribution in [2.75, 3.05) is 5.73 Å². The summed E-state index contributed by atoms with van der Waals surface area (Å²) in [7, 11) is 0. The second-order valence-electron chi connectivity index (χ2n) is 4.41. The number of hydrogen-bond donors (Lipinski definition) is 5. The Morgan fingerprint density at radius 3 is 1.81 bits per heavy atom. The van der Waals surface area contributed by atoms with Crippen LogP contribution in [-0.4, -0.2) is 10.9 Å². The van der Waals surface area contributed by atoms with E-state index in [1.54, 1.807) is 0 Å². The van der Waals surface area contributed by atoms with Crippen LogP contribution in [0.3, 0.4) is 0 Å². The molecule has 4 nitrogen and oxygen atoms in total. The first-order valence-corrected chi connectivity index (χ1v) is 6.69. The summed E-state index contributed by atoms with van der Waals surface area (Å²) in [4.78, 5) is 0.976. The monoisotopic (exact) mass is 301 g/mol. The van der Waals surface area contributed by atoms with Crippen LogP contribution in [0.2, 0.25) is 0 Å². The average Bonchev–Trinajstić information content (AvgIpc) is 2.40.